The fraction of sp³-hybridized carbons (Fsp3) is 0.545. The van der Waals surface area contributed by atoms with Crippen molar-refractivity contribution in [2.75, 3.05) is 27.2 Å². The highest BCUT2D eigenvalue weighted by Crippen LogP contribution is 2.56. The van der Waals surface area contributed by atoms with Gasteiger partial charge in [-0.1, -0.05) is 17.7 Å². The number of aliphatic hydroxyl groups excluding tert-OH is 1. The maximum Gasteiger partial charge on any atom is 0.166 e. The molecule has 0 saturated heterocycles. The van der Waals surface area contributed by atoms with Crippen molar-refractivity contribution in [3.8, 4) is 11.5 Å². The first-order chi connectivity index (χ1) is 12.4. The minimum atomic E-state index is -0.427. The molecule has 3 aliphatic rings. The van der Waals surface area contributed by atoms with Crippen LogP contribution in [0.5, 0.6) is 11.5 Å². The molecular weight excluding hydrogens is 406 g/mol. The highest BCUT2D eigenvalue weighted by molar-refractivity contribution is 5.60. The average molecular weight is 436 g/mol. The lowest BCUT2D eigenvalue weighted by Gasteiger charge is -2.37. The second-order valence-corrected chi connectivity index (χ2v) is 8.66. The number of hydrogen-bond donors (Lipinski definition) is 1. The molecule has 1 spiro atoms. The molecule has 0 radical (unpaired) electrons. The topological polar surface area (TPSA) is 38.7 Å². The van der Waals surface area contributed by atoms with Crippen LogP contribution in [0.25, 0.3) is 0 Å². The minimum absolute atomic E-state index is 0. The monoisotopic (exact) mass is 435 g/mol. The van der Waals surface area contributed by atoms with Crippen molar-refractivity contribution in [1.29, 1.82) is 0 Å². The molecule has 0 fully saturated rings. The van der Waals surface area contributed by atoms with E-state index in [1.807, 2.05) is 12.1 Å². The van der Waals surface area contributed by atoms with Gasteiger partial charge in [-0.3, -0.25) is 0 Å². The maximum absolute atomic E-state index is 10.2. The molecule has 1 aromatic rings. The lowest BCUT2D eigenvalue weighted by molar-refractivity contribution is -0.917. The summed E-state index contributed by atoms with van der Waals surface area (Å²) in [5.74, 6) is 1.70. The molecular formula is C22H30BrNO3. The Labute approximate surface area is 172 Å². The smallest absolute Gasteiger partial charge is 0.166 e. The number of halogens is 1. The number of nitrogens with zero attached hydrogens (tertiary/aromatic N) is 1. The third-order valence-electron chi connectivity index (χ3n) is 6.36. The van der Waals surface area contributed by atoms with Crippen molar-refractivity contribution in [2.24, 2.45) is 0 Å². The van der Waals surface area contributed by atoms with Gasteiger partial charge in [0.05, 0.1) is 38.8 Å². The van der Waals surface area contributed by atoms with Gasteiger partial charge in [0, 0.05) is 24.0 Å². The zero-order chi connectivity index (χ0) is 18.5. The molecule has 0 amide bonds. The van der Waals surface area contributed by atoms with E-state index in [9.17, 15) is 5.11 Å². The van der Waals surface area contributed by atoms with Crippen molar-refractivity contribution in [3.05, 3.63) is 47.1 Å². The summed E-state index contributed by atoms with van der Waals surface area (Å²) < 4.78 is 13.0. The van der Waals surface area contributed by atoms with Crippen molar-refractivity contribution in [3.63, 3.8) is 0 Å². The van der Waals surface area contributed by atoms with Gasteiger partial charge in [-0.05, 0) is 32.1 Å². The zero-order valence-corrected chi connectivity index (χ0v) is 18.3. The van der Waals surface area contributed by atoms with Crippen LogP contribution in [0, 0.1) is 0 Å². The van der Waals surface area contributed by atoms with Gasteiger partial charge < -0.3 is 36.0 Å². The summed E-state index contributed by atoms with van der Waals surface area (Å²) in [6.45, 7) is 7.45. The Kier molecular flexibility index (Phi) is 5.50. The highest BCUT2D eigenvalue weighted by atomic mass is 79.9. The third kappa shape index (κ3) is 3.34. The molecule has 0 saturated carbocycles. The molecule has 2 heterocycles. The standard InChI is InChI=1S/C22H30NO3.BrH/c1-15(2)8-11-23(3)12-10-22-9-7-17(24)13-19(22)26-21-18(25-4)6-5-16(14-23)20(21)22;/h5-9,17,19,24H,10-14H2,1-4H3;1H/q+1;/p-1. The molecule has 1 N–H and O–H groups in total. The summed E-state index contributed by atoms with van der Waals surface area (Å²) in [6, 6.07) is 4.25. The van der Waals surface area contributed by atoms with Crippen molar-refractivity contribution in [2.45, 2.75) is 50.9 Å². The minimum Gasteiger partial charge on any atom is -1.00 e. The number of allylic oxidation sites excluding steroid dienone is 1. The fourth-order valence-corrected chi connectivity index (χ4v) is 4.84. The predicted octanol–water partition coefficient (Wildman–Crippen LogP) is 0.335. The van der Waals surface area contributed by atoms with Crippen molar-refractivity contribution in [1.82, 2.24) is 0 Å². The summed E-state index contributed by atoms with van der Waals surface area (Å²) in [6.07, 6.45) is 7.77. The predicted molar refractivity (Wildman–Crippen MR) is 103 cm³/mol. The lowest BCUT2D eigenvalue weighted by Crippen LogP contribution is -3.00. The summed E-state index contributed by atoms with van der Waals surface area (Å²) in [5, 5.41) is 10.2. The Bertz CT molecular complexity index is 786. The van der Waals surface area contributed by atoms with Gasteiger partial charge in [0.1, 0.15) is 12.6 Å². The van der Waals surface area contributed by atoms with E-state index < -0.39 is 6.10 Å². The van der Waals surface area contributed by atoms with Gasteiger partial charge in [-0.2, -0.15) is 0 Å². The summed E-state index contributed by atoms with van der Waals surface area (Å²) in [4.78, 5) is 0. The SMILES string of the molecule is COc1ccc2c3c1OC1CC(O)C=CC31CC[N+](C)(CC=C(C)C)C2.[Br-]. The molecule has 148 valence electrons. The van der Waals surface area contributed by atoms with Crippen LogP contribution >= 0.6 is 0 Å². The number of likely N-dealkylation sites (N-methyl/N-ethyl adjacent to an activating group) is 1. The van der Waals surface area contributed by atoms with E-state index in [2.05, 4.69) is 39.1 Å². The van der Waals surface area contributed by atoms with E-state index in [1.54, 1.807) is 7.11 Å². The molecule has 1 aliphatic carbocycles. The van der Waals surface area contributed by atoms with Crippen LogP contribution in [-0.4, -0.2) is 49.0 Å². The number of quaternary nitrogens is 1. The second kappa shape index (κ2) is 7.26. The largest absolute Gasteiger partial charge is 1.00 e. The Morgan fingerprint density at radius 3 is 2.89 bits per heavy atom. The highest BCUT2D eigenvalue weighted by Gasteiger charge is 2.54. The Morgan fingerprint density at radius 1 is 1.41 bits per heavy atom. The molecule has 0 aromatic heterocycles. The van der Waals surface area contributed by atoms with Crippen LogP contribution in [0.15, 0.2) is 35.9 Å². The number of methoxy groups -OCH3 is 1. The number of ether oxygens (including phenoxy) is 2. The van der Waals surface area contributed by atoms with Gasteiger partial charge in [0.15, 0.2) is 11.5 Å². The van der Waals surface area contributed by atoms with E-state index in [0.29, 0.717) is 6.42 Å². The lowest BCUT2D eigenvalue weighted by atomic mass is 9.69. The quantitative estimate of drug-likeness (QED) is 0.549. The second-order valence-electron chi connectivity index (χ2n) is 8.66. The molecule has 4 nitrogen and oxygen atoms in total. The Hall–Kier alpha value is -1.30. The maximum atomic E-state index is 10.2. The zero-order valence-electron chi connectivity index (χ0n) is 16.7. The molecule has 5 heteroatoms. The summed E-state index contributed by atoms with van der Waals surface area (Å²) >= 11 is 0. The number of benzene rings is 1. The van der Waals surface area contributed by atoms with Crippen molar-refractivity contribution >= 4 is 0 Å². The fourth-order valence-electron chi connectivity index (χ4n) is 4.84. The molecule has 0 bridgehead atoms. The number of hydrogen-bond acceptors (Lipinski definition) is 3. The Morgan fingerprint density at radius 2 is 2.19 bits per heavy atom. The van der Waals surface area contributed by atoms with E-state index >= 15 is 0 Å². The van der Waals surface area contributed by atoms with Gasteiger partial charge in [0.2, 0.25) is 0 Å². The first-order valence-electron chi connectivity index (χ1n) is 9.58. The normalized spacial score (nSPS) is 33.1. The van der Waals surface area contributed by atoms with Crippen LogP contribution in [0.4, 0.5) is 0 Å². The summed E-state index contributed by atoms with van der Waals surface area (Å²) in [7, 11) is 4.05. The van der Waals surface area contributed by atoms with Crippen LogP contribution in [-0.2, 0) is 12.0 Å². The van der Waals surface area contributed by atoms with E-state index in [-0.39, 0.29) is 28.5 Å². The van der Waals surface area contributed by atoms with Crippen LogP contribution in [0.1, 0.15) is 37.8 Å². The molecule has 4 unspecified atom stereocenters. The molecule has 27 heavy (non-hydrogen) atoms. The first-order valence-corrected chi connectivity index (χ1v) is 9.58. The van der Waals surface area contributed by atoms with Crippen LogP contribution in [0.2, 0.25) is 0 Å². The molecule has 4 rings (SSSR count). The molecule has 4 atom stereocenters. The number of aliphatic hydroxyl groups is 1. The summed E-state index contributed by atoms with van der Waals surface area (Å²) in [5.41, 5.74) is 3.88. The Balaban J connectivity index is 0.00000210. The van der Waals surface area contributed by atoms with E-state index in [4.69, 9.17) is 9.47 Å². The van der Waals surface area contributed by atoms with Gasteiger partial charge >= 0.3 is 0 Å². The van der Waals surface area contributed by atoms with Gasteiger partial charge in [-0.25, -0.2) is 0 Å². The number of rotatable bonds is 3. The van der Waals surface area contributed by atoms with Gasteiger partial charge in [-0.15, -0.1) is 0 Å². The first kappa shape index (κ1) is 20.4. The van der Waals surface area contributed by atoms with E-state index in [1.165, 1.54) is 16.7 Å². The van der Waals surface area contributed by atoms with Crippen LogP contribution < -0.4 is 26.5 Å². The van der Waals surface area contributed by atoms with E-state index in [0.717, 1.165) is 42.0 Å². The van der Waals surface area contributed by atoms with Crippen LogP contribution in [0.3, 0.4) is 0 Å². The third-order valence-corrected chi connectivity index (χ3v) is 6.36. The molecule has 2 aliphatic heterocycles. The van der Waals surface area contributed by atoms with Gasteiger partial charge in [0.25, 0.3) is 0 Å². The molecule has 1 aromatic carbocycles. The van der Waals surface area contributed by atoms with Crippen molar-refractivity contribution < 1.29 is 36.0 Å². The average Bonchev–Trinajstić information content (AvgIpc) is 2.87.